The van der Waals surface area contributed by atoms with Crippen LogP contribution in [0.5, 0.6) is 5.75 Å². The predicted molar refractivity (Wildman–Crippen MR) is 191 cm³/mol. The quantitative estimate of drug-likeness (QED) is 0.321. The molecular formula is C33H39Cl3N6O5S. The maximum Gasteiger partial charge on any atom is 0.326 e. The van der Waals surface area contributed by atoms with Crippen LogP contribution in [0.3, 0.4) is 0 Å². The van der Waals surface area contributed by atoms with Gasteiger partial charge in [-0.3, -0.25) is 14.7 Å². The van der Waals surface area contributed by atoms with Crippen molar-refractivity contribution in [1.29, 1.82) is 0 Å². The van der Waals surface area contributed by atoms with Gasteiger partial charge in [0.15, 0.2) is 0 Å². The fraction of sp³-hybridized carbons (Fsp3) is 0.364. The Morgan fingerprint density at radius 3 is 2.15 bits per heavy atom. The number of anilines is 1. The summed E-state index contributed by atoms with van der Waals surface area (Å²) in [6, 6.07) is 16.0. The van der Waals surface area contributed by atoms with Crippen molar-refractivity contribution in [2.75, 3.05) is 59.3 Å². The smallest absolute Gasteiger partial charge is 0.326 e. The molecule has 1 fully saturated rings. The Morgan fingerprint density at radius 2 is 1.58 bits per heavy atom. The minimum Gasteiger partial charge on any atom is -0.493 e. The van der Waals surface area contributed by atoms with Gasteiger partial charge in [-0.1, -0.05) is 47.5 Å². The lowest BCUT2D eigenvalue weighted by Crippen LogP contribution is -2.47. The van der Waals surface area contributed by atoms with Crippen LogP contribution in [0.1, 0.15) is 42.1 Å². The maximum absolute atomic E-state index is 14.8. The molecule has 15 heteroatoms. The molecule has 0 aliphatic carbocycles. The fourth-order valence-electron chi connectivity index (χ4n) is 5.72. The van der Waals surface area contributed by atoms with E-state index in [1.165, 1.54) is 20.2 Å². The highest BCUT2D eigenvalue weighted by molar-refractivity contribution is 7.89. The number of amidine groups is 1. The second-order valence-electron chi connectivity index (χ2n) is 11.6. The van der Waals surface area contributed by atoms with E-state index >= 15 is 0 Å². The molecule has 0 saturated carbocycles. The van der Waals surface area contributed by atoms with Crippen LogP contribution in [0, 0.1) is 0 Å². The molecule has 5 rings (SSSR count). The largest absolute Gasteiger partial charge is 0.493 e. The SMILES string of the molecule is CCOc1cc(N(C)C)c(S(=O)(=O)N(C)C)cc1C1=N[C@@H](c2ccc(Cl)cc2)[C@@H](c2ccc(Cl)cc2)N1C(=O)N1CCNC(=O)CC1.Cl. The van der Waals surface area contributed by atoms with Gasteiger partial charge in [-0.05, 0) is 48.4 Å². The summed E-state index contributed by atoms with van der Waals surface area (Å²) >= 11 is 12.6. The summed E-state index contributed by atoms with van der Waals surface area (Å²) in [5.74, 6) is 0.465. The Labute approximate surface area is 297 Å². The highest BCUT2D eigenvalue weighted by Crippen LogP contribution is 2.46. The highest BCUT2D eigenvalue weighted by Gasteiger charge is 2.45. The number of urea groups is 1. The van der Waals surface area contributed by atoms with Crippen molar-refractivity contribution in [2.45, 2.75) is 30.3 Å². The summed E-state index contributed by atoms with van der Waals surface area (Å²) in [7, 11) is 2.49. The third-order valence-corrected chi connectivity index (χ3v) is 10.5. The number of hydrogen-bond acceptors (Lipinski definition) is 7. The van der Waals surface area contributed by atoms with Crippen molar-refractivity contribution in [1.82, 2.24) is 19.4 Å². The van der Waals surface area contributed by atoms with Crippen molar-refractivity contribution in [3.63, 3.8) is 0 Å². The summed E-state index contributed by atoms with van der Waals surface area (Å²) in [4.78, 5) is 37.2. The van der Waals surface area contributed by atoms with Gasteiger partial charge in [0.25, 0.3) is 0 Å². The van der Waals surface area contributed by atoms with Crippen LogP contribution >= 0.6 is 35.6 Å². The molecule has 1 N–H and O–H groups in total. The van der Waals surface area contributed by atoms with Crippen molar-refractivity contribution >= 4 is 69.1 Å². The first-order valence-electron chi connectivity index (χ1n) is 15.2. The van der Waals surface area contributed by atoms with E-state index in [2.05, 4.69) is 5.32 Å². The molecule has 11 nitrogen and oxygen atoms in total. The van der Waals surface area contributed by atoms with Gasteiger partial charge in [0, 0.05) is 70.4 Å². The molecule has 1 saturated heterocycles. The highest BCUT2D eigenvalue weighted by atomic mass is 35.5. The molecule has 2 aliphatic rings. The number of halogens is 3. The maximum atomic E-state index is 14.8. The number of aliphatic imine (C=N–C) groups is 1. The zero-order valence-corrected chi connectivity index (χ0v) is 30.5. The number of hydrogen-bond donors (Lipinski definition) is 1. The zero-order chi connectivity index (χ0) is 34.0. The molecule has 2 aliphatic heterocycles. The molecule has 3 aromatic rings. The third kappa shape index (κ3) is 7.52. The minimum atomic E-state index is -3.95. The van der Waals surface area contributed by atoms with E-state index in [0.717, 1.165) is 15.4 Å². The van der Waals surface area contributed by atoms with Crippen LogP contribution < -0.4 is 15.0 Å². The second kappa shape index (κ2) is 15.3. The topological polar surface area (TPSA) is 115 Å². The van der Waals surface area contributed by atoms with E-state index < -0.39 is 22.1 Å². The van der Waals surface area contributed by atoms with Gasteiger partial charge in [0.2, 0.25) is 15.9 Å². The van der Waals surface area contributed by atoms with E-state index in [1.54, 1.807) is 59.1 Å². The fourth-order valence-corrected chi connectivity index (χ4v) is 7.13. The monoisotopic (exact) mass is 736 g/mol. The lowest BCUT2D eigenvalue weighted by molar-refractivity contribution is -0.120. The van der Waals surface area contributed by atoms with Crippen LogP contribution in [0.15, 0.2) is 70.6 Å². The number of ether oxygens (including phenoxy) is 1. The number of benzene rings is 3. The number of nitrogens with one attached hydrogen (secondary N) is 1. The number of amides is 3. The molecule has 2 atom stereocenters. The molecule has 0 unspecified atom stereocenters. The molecule has 0 bridgehead atoms. The standard InChI is InChI=1S/C33H38Cl2N6O5S.ClH/c1-6-46-27-20-26(38(2)3)28(47(44,45)39(4)5)19-25(27)32-37-30(21-7-11-23(34)12-8-21)31(22-9-13-24(35)14-10-22)41(32)33(43)40-17-15-29(42)36-16-18-40;/h7-14,19-20,30-31H,6,15-18H2,1-5H3,(H,36,42);1H/t30-,31+;/m0./s1. The number of sulfonamides is 1. The van der Waals surface area contributed by atoms with E-state index in [1.807, 2.05) is 31.2 Å². The van der Waals surface area contributed by atoms with Crippen molar-refractivity contribution in [3.8, 4) is 5.75 Å². The second-order valence-corrected chi connectivity index (χ2v) is 14.6. The summed E-state index contributed by atoms with van der Waals surface area (Å²) in [6.45, 7) is 2.89. The minimum absolute atomic E-state index is 0. The number of carbonyl (C=O) groups is 2. The predicted octanol–water partition coefficient (Wildman–Crippen LogP) is 5.62. The van der Waals surface area contributed by atoms with Crippen LogP contribution in [0.2, 0.25) is 10.0 Å². The van der Waals surface area contributed by atoms with Crippen molar-refractivity contribution in [3.05, 3.63) is 87.4 Å². The lowest BCUT2D eigenvalue weighted by atomic mass is 9.93. The Hall–Kier alpha value is -3.55. The Bertz CT molecular complexity index is 1790. The molecule has 0 radical (unpaired) electrons. The van der Waals surface area contributed by atoms with Gasteiger partial charge in [-0.2, -0.15) is 0 Å². The average molecular weight is 738 g/mol. The number of rotatable bonds is 8. The van der Waals surface area contributed by atoms with Crippen LogP contribution in [-0.2, 0) is 14.8 Å². The van der Waals surface area contributed by atoms with Gasteiger partial charge in [0.1, 0.15) is 22.5 Å². The van der Waals surface area contributed by atoms with Gasteiger partial charge in [-0.15, -0.1) is 12.4 Å². The summed E-state index contributed by atoms with van der Waals surface area (Å²) in [6.07, 6.45) is 0.144. The molecule has 48 heavy (non-hydrogen) atoms. The first-order valence-corrected chi connectivity index (χ1v) is 17.4. The van der Waals surface area contributed by atoms with Gasteiger partial charge < -0.3 is 19.9 Å². The van der Waals surface area contributed by atoms with Crippen molar-refractivity contribution < 1.29 is 22.7 Å². The van der Waals surface area contributed by atoms with Gasteiger partial charge in [-0.25, -0.2) is 17.5 Å². The molecule has 2 heterocycles. The number of nitrogens with zero attached hydrogens (tertiary/aromatic N) is 5. The molecule has 258 valence electrons. The Balaban J connectivity index is 0.00000520. The summed E-state index contributed by atoms with van der Waals surface area (Å²) in [5, 5.41) is 3.90. The van der Waals surface area contributed by atoms with E-state index in [-0.39, 0.29) is 61.2 Å². The van der Waals surface area contributed by atoms with Crippen molar-refractivity contribution in [2.24, 2.45) is 4.99 Å². The molecular weight excluding hydrogens is 699 g/mol. The Morgan fingerprint density at radius 1 is 0.979 bits per heavy atom. The van der Waals surface area contributed by atoms with Crippen LogP contribution in [0.25, 0.3) is 0 Å². The van der Waals surface area contributed by atoms with E-state index in [9.17, 15) is 18.0 Å². The summed E-state index contributed by atoms with van der Waals surface area (Å²) < 4.78 is 34.7. The molecule has 3 amide bonds. The van der Waals surface area contributed by atoms with Gasteiger partial charge in [0.05, 0.1) is 23.9 Å². The van der Waals surface area contributed by atoms with Gasteiger partial charge >= 0.3 is 6.03 Å². The first kappa shape index (κ1) is 37.3. The van der Waals surface area contributed by atoms with Crippen LogP contribution in [0.4, 0.5) is 10.5 Å². The third-order valence-electron chi connectivity index (χ3n) is 8.12. The van der Waals surface area contributed by atoms with E-state index in [0.29, 0.717) is 33.6 Å². The normalized spacial score (nSPS) is 18.2. The molecule has 3 aromatic carbocycles. The zero-order valence-electron chi connectivity index (χ0n) is 27.3. The van der Waals surface area contributed by atoms with Crippen LogP contribution in [-0.4, -0.2) is 94.7 Å². The lowest BCUT2D eigenvalue weighted by Gasteiger charge is -2.34. The molecule has 0 aromatic heterocycles. The Kier molecular flexibility index (Phi) is 11.9. The summed E-state index contributed by atoms with van der Waals surface area (Å²) in [5.41, 5.74) is 2.31. The molecule has 0 spiro atoms. The first-order chi connectivity index (χ1) is 22.3. The van der Waals surface area contributed by atoms with E-state index in [4.69, 9.17) is 32.9 Å². The number of carbonyl (C=O) groups excluding carboxylic acids is 2. The average Bonchev–Trinajstić information content (AvgIpc) is 3.29.